The molecule has 90 valence electrons. The van der Waals surface area contributed by atoms with Crippen molar-refractivity contribution in [1.29, 1.82) is 0 Å². The first-order valence-corrected chi connectivity index (χ1v) is 6.61. The highest BCUT2D eigenvalue weighted by atomic mass is 32.1. The Morgan fingerprint density at radius 3 is 3.24 bits per heavy atom. The smallest absolute Gasteiger partial charge is 0.304 e. The summed E-state index contributed by atoms with van der Waals surface area (Å²) in [5.74, 6) is 0. The van der Waals surface area contributed by atoms with Crippen molar-refractivity contribution >= 4 is 11.3 Å². The number of imidazole rings is 1. The molecule has 0 amide bonds. The Balaban J connectivity index is 1.83. The van der Waals surface area contributed by atoms with Crippen LogP contribution in [0.3, 0.4) is 0 Å². The van der Waals surface area contributed by atoms with Gasteiger partial charge in [0.2, 0.25) is 0 Å². The zero-order valence-corrected chi connectivity index (χ0v) is 10.2. The number of thiazole rings is 1. The molecule has 1 aliphatic heterocycles. The second-order valence-corrected chi connectivity index (χ2v) is 5.11. The minimum Gasteiger partial charge on any atom is -0.327 e. The summed E-state index contributed by atoms with van der Waals surface area (Å²) < 4.78 is 2.10. The summed E-state index contributed by atoms with van der Waals surface area (Å²) in [4.78, 5) is 18.1. The number of H-pyrrole nitrogens is 1. The van der Waals surface area contributed by atoms with Crippen LogP contribution in [0.4, 0.5) is 0 Å². The SMILES string of the molecule is O=c1[nH]c(Cn2cncc2[C@@H]2CCCN2)cs1. The third-order valence-electron chi connectivity index (χ3n) is 3.07. The molecule has 1 saturated heterocycles. The first kappa shape index (κ1) is 10.7. The van der Waals surface area contributed by atoms with Gasteiger partial charge in [-0.05, 0) is 19.4 Å². The van der Waals surface area contributed by atoms with E-state index in [-0.39, 0.29) is 4.87 Å². The number of nitrogens with zero attached hydrogens (tertiary/aromatic N) is 2. The molecule has 6 heteroatoms. The van der Waals surface area contributed by atoms with Gasteiger partial charge in [0.1, 0.15) is 0 Å². The molecule has 0 unspecified atom stereocenters. The molecule has 5 nitrogen and oxygen atoms in total. The largest absolute Gasteiger partial charge is 0.327 e. The number of nitrogens with one attached hydrogen (secondary N) is 2. The van der Waals surface area contributed by atoms with Crippen LogP contribution < -0.4 is 10.2 Å². The number of aromatic nitrogens is 3. The van der Waals surface area contributed by atoms with E-state index in [1.165, 1.54) is 23.5 Å². The van der Waals surface area contributed by atoms with Gasteiger partial charge < -0.3 is 14.9 Å². The van der Waals surface area contributed by atoms with Gasteiger partial charge in [0.25, 0.3) is 0 Å². The molecule has 0 saturated carbocycles. The van der Waals surface area contributed by atoms with Gasteiger partial charge in [-0.1, -0.05) is 11.3 Å². The summed E-state index contributed by atoms with van der Waals surface area (Å²) in [6, 6.07) is 0.405. The lowest BCUT2D eigenvalue weighted by Crippen LogP contribution is -2.17. The van der Waals surface area contributed by atoms with Crippen molar-refractivity contribution in [3.63, 3.8) is 0 Å². The topological polar surface area (TPSA) is 62.7 Å². The Morgan fingerprint density at radius 1 is 1.59 bits per heavy atom. The maximum Gasteiger partial charge on any atom is 0.304 e. The van der Waals surface area contributed by atoms with E-state index in [4.69, 9.17) is 0 Å². The van der Waals surface area contributed by atoms with Crippen molar-refractivity contribution in [3.05, 3.63) is 39.0 Å². The molecule has 2 N–H and O–H groups in total. The predicted octanol–water partition coefficient (Wildman–Crippen LogP) is 1.11. The van der Waals surface area contributed by atoms with Crippen LogP contribution in [0.25, 0.3) is 0 Å². The molecule has 2 aromatic heterocycles. The van der Waals surface area contributed by atoms with Crippen molar-refractivity contribution in [3.8, 4) is 0 Å². The summed E-state index contributed by atoms with van der Waals surface area (Å²) in [6.07, 6.45) is 6.11. The maximum atomic E-state index is 11.1. The molecular formula is C11H14N4OS. The Hall–Kier alpha value is -1.40. The molecule has 0 radical (unpaired) electrons. The van der Waals surface area contributed by atoms with Gasteiger partial charge in [0.15, 0.2) is 0 Å². The molecule has 0 aliphatic carbocycles. The zero-order valence-electron chi connectivity index (χ0n) is 9.35. The Bertz CT molecular complexity index is 550. The van der Waals surface area contributed by atoms with Crippen LogP contribution in [-0.2, 0) is 6.54 Å². The van der Waals surface area contributed by atoms with Crippen LogP contribution in [0.15, 0.2) is 22.7 Å². The predicted molar refractivity (Wildman–Crippen MR) is 66.2 cm³/mol. The van der Waals surface area contributed by atoms with Crippen LogP contribution in [0.5, 0.6) is 0 Å². The fourth-order valence-electron chi connectivity index (χ4n) is 2.27. The van der Waals surface area contributed by atoms with E-state index in [1.807, 2.05) is 17.9 Å². The van der Waals surface area contributed by atoms with E-state index >= 15 is 0 Å². The minimum atomic E-state index is 0.000608. The quantitative estimate of drug-likeness (QED) is 0.857. The number of aromatic amines is 1. The normalized spacial score (nSPS) is 19.9. The monoisotopic (exact) mass is 250 g/mol. The summed E-state index contributed by atoms with van der Waals surface area (Å²) in [5.41, 5.74) is 2.15. The molecule has 3 rings (SSSR count). The van der Waals surface area contributed by atoms with E-state index in [0.717, 1.165) is 18.7 Å². The first-order valence-electron chi connectivity index (χ1n) is 5.73. The molecule has 0 aromatic carbocycles. The fraction of sp³-hybridized carbons (Fsp3) is 0.455. The zero-order chi connectivity index (χ0) is 11.7. The molecule has 1 fully saturated rings. The molecule has 0 bridgehead atoms. The number of hydrogen-bond donors (Lipinski definition) is 2. The lowest BCUT2D eigenvalue weighted by atomic mass is 10.2. The Kier molecular flexibility index (Phi) is 2.82. The standard InChI is InChI=1S/C11H14N4OS/c16-11-14-8(6-17-11)5-15-7-12-4-10(15)9-2-1-3-13-9/h4,6-7,9,13H,1-3,5H2,(H,14,16)/t9-/m0/s1. The lowest BCUT2D eigenvalue weighted by Gasteiger charge is -2.13. The highest BCUT2D eigenvalue weighted by Gasteiger charge is 2.19. The van der Waals surface area contributed by atoms with Crippen molar-refractivity contribution in [2.45, 2.75) is 25.4 Å². The van der Waals surface area contributed by atoms with Crippen LogP contribution >= 0.6 is 11.3 Å². The van der Waals surface area contributed by atoms with Crippen LogP contribution in [0, 0.1) is 0 Å². The van der Waals surface area contributed by atoms with Crippen molar-refractivity contribution < 1.29 is 0 Å². The highest BCUT2D eigenvalue weighted by molar-refractivity contribution is 7.07. The van der Waals surface area contributed by atoms with Gasteiger partial charge in [0.05, 0.1) is 18.6 Å². The third-order valence-corrected chi connectivity index (χ3v) is 3.79. The second kappa shape index (κ2) is 4.46. The lowest BCUT2D eigenvalue weighted by molar-refractivity contribution is 0.582. The molecule has 3 heterocycles. The van der Waals surface area contributed by atoms with Gasteiger partial charge in [0, 0.05) is 23.3 Å². The summed E-state index contributed by atoms with van der Waals surface area (Å²) in [6.45, 7) is 1.76. The summed E-state index contributed by atoms with van der Waals surface area (Å²) in [7, 11) is 0. The molecule has 17 heavy (non-hydrogen) atoms. The van der Waals surface area contributed by atoms with Crippen LogP contribution in [0.2, 0.25) is 0 Å². The Morgan fingerprint density at radius 2 is 2.53 bits per heavy atom. The van der Waals surface area contributed by atoms with Gasteiger partial charge in [-0.3, -0.25) is 4.79 Å². The van der Waals surface area contributed by atoms with E-state index in [2.05, 4.69) is 19.9 Å². The molecule has 0 spiro atoms. The third kappa shape index (κ3) is 2.18. The van der Waals surface area contributed by atoms with Crippen molar-refractivity contribution in [2.75, 3.05) is 6.54 Å². The van der Waals surface area contributed by atoms with Gasteiger partial charge in [-0.15, -0.1) is 0 Å². The van der Waals surface area contributed by atoms with E-state index in [0.29, 0.717) is 12.6 Å². The van der Waals surface area contributed by atoms with Crippen LogP contribution in [-0.4, -0.2) is 21.1 Å². The highest BCUT2D eigenvalue weighted by Crippen LogP contribution is 2.22. The molecular weight excluding hydrogens is 236 g/mol. The van der Waals surface area contributed by atoms with Gasteiger partial charge >= 0.3 is 4.87 Å². The molecule has 1 atom stereocenters. The summed E-state index contributed by atoms with van der Waals surface area (Å²) >= 11 is 1.20. The van der Waals surface area contributed by atoms with Crippen LogP contribution in [0.1, 0.15) is 30.3 Å². The number of rotatable bonds is 3. The maximum absolute atomic E-state index is 11.1. The van der Waals surface area contributed by atoms with E-state index in [9.17, 15) is 4.79 Å². The van der Waals surface area contributed by atoms with Crippen molar-refractivity contribution in [1.82, 2.24) is 19.9 Å². The average Bonchev–Trinajstić information content (AvgIpc) is 3.00. The second-order valence-electron chi connectivity index (χ2n) is 4.27. The van der Waals surface area contributed by atoms with E-state index < -0.39 is 0 Å². The minimum absolute atomic E-state index is 0.000608. The average molecular weight is 250 g/mol. The fourth-order valence-corrected chi connectivity index (χ4v) is 2.84. The number of hydrogen-bond acceptors (Lipinski definition) is 4. The molecule has 1 aliphatic rings. The molecule has 2 aromatic rings. The first-order chi connectivity index (χ1) is 8.33. The van der Waals surface area contributed by atoms with Crippen molar-refractivity contribution in [2.24, 2.45) is 0 Å². The van der Waals surface area contributed by atoms with Gasteiger partial charge in [-0.2, -0.15) is 0 Å². The van der Waals surface area contributed by atoms with E-state index in [1.54, 1.807) is 0 Å². The summed E-state index contributed by atoms with van der Waals surface area (Å²) in [5, 5.41) is 5.33. The van der Waals surface area contributed by atoms with Gasteiger partial charge in [-0.25, -0.2) is 4.98 Å². The Labute approximate surface area is 103 Å².